The van der Waals surface area contributed by atoms with Crippen LogP contribution in [0.25, 0.3) is 0 Å². The van der Waals surface area contributed by atoms with Crippen LogP contribution >= 0.6 is 35.3 Å². The molecule has 0 unspecified atom stereocenters. The van der Waals surface area contributed by atoms with Crippen LogP contribution in [0, 0.1) is 0 Å². The van der Waals surface area contributed by atoms with Crippen LogP contribution in [0.1, 0.15) is 23.3 Å². The van der Waals surface area contributed by atoms with Crippen molar-refractivity contribution in [2.24, 2.45) is 4.99 Å². The molecule has 1 aliphatic heterocycles. The van der Waals surface area contributed by atoms with Crippen LogP contribution in [-0.4, -0.2) is 31.1 Å². The average molecular weight is 457 g/mol. The number of pyridine rings is 1. The maximum atomic E-state index is 4.49. The number of halogens is 1. The first-order valence-corrected chi connectivity index (χ1v) is 8.90. The lowest BCUT2D eigenvalue weighted by Crippen LogP contribution is -2.36. The molecule has 3 heterocycles. The fraction of sp³-hybridized carbons (Fsp3) is 0.412. The van der Waals surface area contributed by atoms with E-state index in [9.17, 15) is 0 Å². The van der Waals surface area contributed by atoms with Crippen LogP contribution < -0.4 is 15.5 Å². The Kier molecular flexibility index (Phi) is 7.77. The Bertz CT molecular complexity index is 638. The lowest BCUT2D eigenvalue weighted by atomic mass is 10.2. The highest BCUT2D eigenvalue weighted by molar-refractivity contribution is 14.0. The largest absolute Gasteiger partial charge is 0.357 e. The number of aromatic nitrogens is 1. The van der Waals surface area contributed by atoms with Gasteiger partial charge in [0, 0.05) is 37.8 Å². The van der Waals surface area contributed by atoms with E-state index in [0.29, 0.717) is 0 Å². The Balaban J connectivity index is 0.00000208. The van der Waals surface area contributed by atoms with Gasteiger partial charge in [-0.1, -0.05) is 6.07 Å². The normalized spacial score (nSPS) is 14.4. The molecular formula is C17H24IN5S. The Hall–Kier alpha value is -1.35. The first kappa shape index (κ1) is 19.0. The molecule has 1 fully saturated rings. The minimum absolute atomic E-state index is 0. The average Bonchev–Trinajstić information content (AvgIpc) is 3.29. The molecule has 1 saturated heterocycles. The van der Waals surface area contributed by atoms with Crippen molar-refractivity contribution >= 4 is 47.1 Å². The molecule has 2 N–H and O–H groups in total. The van der Waals surface area contributed by atoms with Crippen molar-refractivity contribution in [3.8, 4) is 0 Å². The van der Waals surface area contributed by atoms with Gasteiger partial charge in [0.15, 0.2) is 5.96 Å². The van der Waals surface area contributed by atoms with Gasteiger partial charge < -0.3 is 15.5 Å². The minimum atomic E-state index is 0. The van der Waals surface area contributed by atoms with E-state index in [1.165, 1.54) is 23.3 Å². The number of anilines is 1. The third-order valence-electron chi connectivity index (χ3n) is 3.93. The van der Waals surface area contributed by atoms with Crippen LogP contribution in [-0.2, 0) is 13.1 Å². The van der Waals surface area contributed by atoms with Gasteiger partial charge >= 0.3 is 0 Å². The molecule has 2 aromatic heterocycles. The summed E-state index contributed by atoms with van der Waals surface area (Å²) in [6, 6.07) is 8.41. The molecule has 3 rings (SSSR count). The molecule has 0 spiro atoms. The van der Waals surface area contributed by atoms with Crippen molar-refractivity contribution in [3.63, 3.8) is 0 Å². The SMILES string of the molecule is CN=C(NCc1ccnc(N2CCCC2)c1)NCc1cccs1.I. The molecule has 0 radical (unpaired) electrons. The summed E-state index contributed by atoms with van der Waals surface area (Å²) in [6.07, 6.45) is 4.43. The van der Waals surface area contributed by atoms with E-state index < -0.39 is 0 Å². The lowest BCUT2D eigenvalue weighted by molar-refractivity contribution is 0.813. The molecule has 2 aromatic rings. The van der Waals surface area contributed by atoms with E-state index in [-0.39, 0.29) is 24.0 Å². The van der Waals surface area contributed by atoms with Crippen LogP contribution in [0.2, 0.25) is 0 Å². The van der Waals surface area contributed by atoms with E-state index in [0.717, 1.165) is 38.0 Å². The summed E-state index contributed by atoms with van der Waals surface area (Å²) >= 11 is 1.75. The molecule has 24 heavy (non-hydrogen) atoms. The molecule has 0 saturated carbocycles. The van der Waals surface area contributed by atoms with Gasteiger partial charge in [-0.05, 0) is 42.0 Å². The van der Waals surface area contributed by atoms with Crippen LogP contribution in [0.4, 0.5) is 5.82 Å². The number of rotatable bonds is 5. The second-order valence-electron chi connectivity index (χ2n) is 5.58. The van der Waals surface area contributed by atoms with Gasteiger partial charge in [0.25, 0.3) is 0 Å². The number of thiophene rings is 1. The van der Waals surface area contributed by atoms with Gasteiger partial charge in [-0.3, -0.25) is 4.99 Å². The molecule has 7 heteroatoms. The second-order valence-corrected chi connectivity index (χ2v) is 6.61. The molecule has 5 nitrogen and oxygen atoms in total. The van der Waals surface area contributed by atoms with E-state index in [4.69, 9.17) is 0 Å². The highest BCUT2D eigenvalue weighted by atomic mass is 127. The van der Waals surface area contributed by atoms with Crippen LogP contribution in [0.3, 0.4) is 0 Å². The van der Waals surface area contributed by atoms with Crippen molar-refractivity contribution in [2.45, 2.75) is 25.9 Å². The Labute approximate surface area is 164 Å². The molecule has 0 atom stereocenters. The highest BCUT2D eigenvalue weighted by Gasteiger charge is 2.13. The van der Waals surface area contributed by atoms with Crippen molar-refractivity contribution in [2.75, 3.05) is 25.0 Å². The third-order valence-corrected chi connectivity index (χ3v) is 4.81. The van der Waals surface area contributed by atoms with E-state index in [1.807, 2.05) is 6.20 Å². The minimum Gasteiger partial charge on any atom is -0.357 e. The zero-order valence-corrected chi connectivity index (χ0v) is 17.0. The summed E-state index contributed by atoms with van der Waals surface area (Å²) in [5.41, 5.74) is 1.22. The fourth-order valence-corrected chi connectivity index (χ4v) is 3.32. The zero-order chi connectivity index (χ0) is 15.9. The molecule has 0 aliphatic carbocycles. The van der Waals surface area contributed by atoms with Gasteiger partial charge in [-0.2, -0.15) is 0 Å². The van der Waals surface area contributed by atoms with E-state index in [2.05, 4.69) is 55.2 Å². The maximum Gasteiger partial charge on any atom is 0.191 e. The number of guanidine groups is 1. The van der Waals surface area contributed by atoms with Crippen molar-refractivity contribution < 1.29 is 0 Å². The highest BCUT2D eigenvalue weighted by Crippen LogP contribution is 2.18. The Morgan fingerprint density at radius 3 is 2.75 bits per heavy atom. The van der Waals surface area contributed by atoms with Gasteiger partial charge in [0.1, 0.15) is 5.82 Å². The van der Waals surface area contributed by atoms with Crippen molar-refractivity contribution in [3.05, 3.63) is 46.3 Å². The van der Waals surface area contributed by atoms with Crippen molar-refractivity contribution in [1.29, 1.82) is 0 Å². The topological polar surface area (TPSA) is 52.6 Å². The molecule has 0 amide bonds. The molecule has 1 aliphatic rings. The van der Waals surface area contributed by atoms with Gasteiger partial charge in [0.05, 0.1) is 6.54 Å². The van der Waals surface area contributed by atoms with E-state index >= 15 is 0 Å². The molecule has 130 valence electrons. The second kappa shape index (κ2) is 9.83. The standard InChI is InChI=1S/C17H23N5S.HI/c1-18-17(21-13-15-5-4-10-23-15)20-12-14-6-7-19-16(11-14)22-8-2-3-9-22;/h4-7,10-11H,2-3,8-9,12-13H2,1H3,(H2,18,20,21);1H. The first-order valence-electron chi connectivity index (χ1n) is 8.02. The fourth-order valence-electron chi connectivity index (χ4n) is 2.68. The third kappa shape index (κ3) is 5.34. The first-order chi connectivity index (χ1) is 11.3. The smallest absolute Gasteiger partial charge is 0.191 e. The van der Waals surface area contributed by atoms with Gasteiger partial charge in [-0.25, -0.2) is 4.98 Å². The number of hydrogen-bond donors (Lipinski definition) is 2. The van der Waals surface area contributed by atoms with E-state index in [1.54, 1.807) is 18.4 Å². The summed E-state index contributed by atoms with van der Waals surface area (Å²) in [7, 11) is 1.80. The zero-order valence-electron chi connectivity index (χ0n) is 13.9. The Morgan fingerprint density at radius 2 is 2.04 bits per heavy atom. The van der Waals surface area contributed by atoms with Gasteiger partial charge in [0.2, 0.25) is 0 Å². The molecule has 0 aromatic carbocycles. The number of aliphatic imine (C=N–C) groups is 1. The predicted molar refractivity (Wildman–Crippen MR) is 112 cm³/mol. The summed E-state index contributed by atoms with van der Waals surface area (Å²) in [5, 5.41) is 8.79. The van der Waals surface area contributed by atoms with Crippen molar-refractivity contribution in [1.82, 2.24) is 15.6 Å². The Morgan fingerprint density at radius 1 is 1.25 bits per heavy atom. The number of nitrogens with zero attached hydrogens (tertiary/aromatic N) is 3. The summed E-state index contributed by atoms with van der Waals surface area (Å²) < 4.78 is 0. The summed E-state index contributed by atoms with van der Waals surface area (Å²) in [5.74, 6) is 1.90. The molecule has 0 bridgehead atoms. The summed E-state index contributed by atoms with van der Waals surface area (Å²) in [6.45, 7) is 3.78. The quantitative estimate of drug-likeness (QED) is 0.412. The monoisotopic (exact) mass is 457 g/mol. The number of nitrogens with one attached hydrogen (secondary N) is 2. The van der Waals surface area contributed by atoms with Crippen LogP contribution in [0.5, 0.6) is 0 Å². The number of hydrogen-bond acceptors (Lipinski definition) is 4. The lowest BCUT2D eigenvalue weighted by Gasteiger charge is -2.17. The van der Waals surface area contributed by atoms with Gasteiger partial charge in [-0.15, -0.1) is 35.3 Å². The molecular weight excluding hydrogens is 433 g/mol. The predicted octanol–water partition coefficient (Wildman–Crippen LogP) is 3.23. The summed E-state index contributed by atoms with van der Waals surface area (Å²) in [4.78, 5) is 12.4. The maximum absolute atomic E-state index is 4.49. The van der Waals surface area contributed by atoms with Crippen LogP contribution in [0.15, 0.2) is 40.8 Å².